The smallest absolute Gasteiger partial charge is 0.256 e. The molecule has 1 atom stereocenters. The summed E-state index contributed by atoms with van der Waals surface area (Å²) in [6, 6.07) is 7.76. The number of thioether (sulfide) groups is 1. The predicted octanol–water partition coefficient (Wildman–Crippen LogP) is 1.11. The third-order valence-electron chi connectivity index (χ3n) is 4.71. The van der Waals surface area contributed by atoms with Crippen molar-refractivity contribution < 1.29 is 9.59 Å². The van der Waals surface area contributed by atoms with Crippen LogP contribution in [0, 0.1) is 0 Å². The Bertz CT molecular complexity index is 761. The number of fused-ring (bicyclic) bond motifs is 1. The van der Waals surface area contributed by atoms with Gasteiger partial charge in [-0.3, -0.25) is 14.9 Å². The number of carbonyl (C=O) groups is 2. The third kappa shape index (κ3) is 2.78. The van der Waals surface area contributed by atoms with Crippen molar-refractivity contribution in [3.8, 4) is 0 Å². The van der Waals surface area contributed by atoms with Gasteiger partial charge >= 0.3 is 0 Å². The fourth-order valence-corrected chi connectivity index (χ4v) is 4.26. The number of hydrogen-bond acceptors (Lipinski definition) is 4. The van der Waals surface area contributed by atoms with Crippen LogP contribution in [0.2, 0.25) is 0 Å². The standard InChI is InChI=1S/C17H20N4O2S/c22-16(13-9-18-14-4-2-1-3-12(13)14)20-5-7-21(8-6-20)17(23)15-10-24-11-19-15/h1-4,9,15,18-19H,5-8,10-11H2. The number of benzene rings is 1. The van der Waals surface area contributed by atoms with Crippen molar-refractivity contribution in [2.24, 2.45) is 0 Å². The molecule has 2 aliphatic rings. The first kappa shape index (κ1) is 15.5. The van der Waals surface area contributed by atoms with Gasteiger partial charge in [-0.2, -0.15) is 0 Å². The second kappa shape index (κ2) is 6.49. The van der Waals surface area contributed by atoms with Crippen molar-refractivity contribution in [2.45, 2.75) is 6.04 Å². The highest BCUT2D eigenvalue weighted by atomic mass is 32.2. The number of nitrogens with one attached hydrogen (secondary N) is 2. The van der Waals surface area contributed by atoms with Crippen LogP contribution in [0.15, 0.2) is 30.5 Å². The number of H-pyrrole nitrogens is 1. The number of amides is 2. The van der Waals surface area contributed by atoms with Gasteiger partial charge in [-0.25, -0.2) is 0 Å². The van der Waals surface area contributed by atoms with Gasteiger partial charge in [-0.15, -0.1) is 11.8 Å². The lowest BCUT2D eigenvalue weighted by Crippen LogP contribution is -2.54. The van der Waals surface area contributed by atoms with Gasteiger partial charge in [-0.05, 0) is 6.07 Å². The summed E-state index contributed by atoms with van der Waals surface area (Å²) >= 11 is 1.75. The third-order valence-corrected chi connectivity index (χ3v) is 5.65. The molecule has 2 fully saturated rings. The quantitative estimate of drug-likeness (QED) is 0.857. The van der Waals surface area contributed by atoms with Gasteiger partial charge < -0.3 is 14.8 Å². The molecule has 1 aromatic carbocycles. The lowest BCUT2D eigenvalue weighted by Gasteiger charge is -2.35. The Morgan fingerprint density at radius 1 is 1.08 bits per heavy atom. The van der Waals surface area contributed by atoms with Crippen LogP contribution in [0.3, 0.4) is 0 Å². The Labute approximate surface area is 144 Å². The molecule has 0 aliphatic carbocycles. The average Bonchev–Trinajstić information content (AvgIpc) is 3.30. The fourth-order valence-electron chi connectivity index (χ4n) is 3.32. The molecular formula is C17H20N4O2S. The Hall–Kier alpha value is -1.99. The predicted molar refractivity (Wildman–Crippen MR) is 95.0 cm³/mol. The molecule has 24 heavy (non-hydrogen) atoms. The van der Waals surface area contributed by atoms with Gasteiger partial charge in [0.05, 0.1) is 11.6 Å². The van der Waals surface area contributed by atoms with Crippen molar-refractivity contribution in [2.75, 3.05) is 37.8 Å². The first-order valence-corrected chi connectivity index (χ1v) is 9.35. The van der Waals surface area contributed by atoms with E-state index in [0.717, 1.165) is 22.5 Å². The first-order chi connectivity index (χ1) is 11.7. The monoisotopic (exact) mass is 344 g/mol. The number of aromatic nitrogens is 1. The number of aromatic amines is 1. The van der Waals surface area contributed by atoms with Crippen molar-refractivity contribution in [3.05, 3.63) is 36.0 Å². The molecule has 4 rings (SSSR count). The van der Waals surface area contributed by atoms with E-state index in [1.165, 1.54) is 0 Å². The van der Waals surface area contributed by atoms with E-state index >= 15 is 0 Å². The van der Waals surface area contributed by atoms with Crippen molar-refractivity contribution in [1.29, 1.82) is 0 Å². The molecule has 6 nitrogen and oxygen atoms in total. The van der Waals surface area contributed by atoms with Gasteiger partial charge in [0.15, 0.2) is 0 Å². The highest BCUT2D eigenvalue weighted by Crippen LogP contribution is 2.20. The second-order valence-corrected chi connectivity index (χ2v) is 7.17. The van der Waals surface area contributed by atoms with Gasteiger partial charge in [0, 0.05) is 54.9 Å². The number of piperazine rings is 1. The van der Waals surface area contributed by atoms with E-state index in [2.05, 4.69) is 10.3 Å². The SMILES string of the molecule is O=C(c1c[nH]c2ccccc12)N1CCN(C(=O)C2CSCN2)CC1. The molecule has 7 heteroatoms. The summed E-state index contributed by atoms with van der Waals surface area (Å²) in [5, 5.41) is 4.17. The van der Waals surface area contributed by atoms with Crippen LogP contribution < -0.4 is 5.32 Å². The Morgan fingerprint density at radius 2 is 1.83 bits per heavy atom. The van der Waals surface area contributed by atoms with Crippen LogP contribution >= 0.6 is 11.8 Å². The summed E-state index contributed by atoms with van der Waals surface area (Å²) in [4.78, 5) is 32.1. The molecule has 2 N–H and O–H groups in total. The largest absolute Gasteiger partial charge is 0.360 e. The Morgan fingerprint density at radius 3 is 2.58 bits per heavy atom. The molecule has 2 saturated heterocycles. The minimum atomic E-state index is -0.0640. The lowest BCUT2D eigenvalue weighted by molar-refractivity contribution is -0.134. The summed E-state index contributed by atoms with van der Waals surface area (Å²) in [5.74, 6) is 1.89. The van der Waals surface area contributed by atoms with Crippen LogP contribution in [0.1, 0.15) is 10.4 Å². The molecule has 3 heterocycles. The molecule has 0 radical (unpaired) electrons. The zero-order chi connectivity index (χ0) is 16.5. The number of para-hydroxylation sites is 1. The fraction of sp³-hybridized carbons (Fsp3) is 0.412. The molecule has 2 amide bonds. The summed E-state index contributed by atoms with van der Waals surface area (Å²) < 4.78 is 0. The zero-order valence-corrected chi connectivity index (χ0v) is 14.1. The maximum absolute atomic E-state index is 12.8. The summed E-state index contributed by atoms with van der Waals surface area (Å²) in [6.45, 7) is 2.39. The average molecular weight is 344 g/mol. The normalized spacial score (nSPS) is 21.4. The van der Waals surface area contributed by atoms with Crippen LogP contribution in [-0.4, -0.2) is 70.4 Å². The minimum Gasteiger partial charge on any atom is -0.360 e. The highest BCUT2D eigenvalue weighted by molar-refractivity contribution is 7.99. The highest BCUT2D eigenvalue weighted by Gasteiger charge is 2.31. The van der Waals surface area contributed by atoms with Crippen LogP contribution in [0.25, 0.3) is 10.9 Å². The van der Waals surface area contributed by atoms with Crippen LogP contribution in [-0.2, 0) is 4.79 Å². The number of hydrogen-bond donors (Lipinski definition) is 2. The minimum absolute atomic E-state index is 0.0362. The topological polar surface area (TPSA) is 68.4 Å². The summed E-state index contributed by atoms with van der Waals surface area (Å²) in [6.07, 6.45) is 1.78. The van der Waals surface area contributed by atoms with Crippen molar-refractivity contribution in [3.63, 3.8) is 0 Å². The van der Waals surface area contributed by atoms with Gasteiger partial charge in [0.25, 0.3) is 5.91 Å². The summed E-state index contributed by atoms with van der Waals surface area (Å²) in [5.41, 5.74) is 1.68. The zero-order valence-electron chi connectivity index (χ0n) is 13.3. The van der Waals surface area contributed by atoms with E-state index < -0.39 is 0 Å². The second-order valence-electron chi connectivity index (χ2n) is 6.14. The number of rotatable bonds is 2. The molecule has 0 spiro atoms. The van der Waals surface area contributed by atoms with E-state index in [4.69, 9.17) is 0 Å². The number of nitrogens with zero attached hydrogens (tertiary/aromatic N) is 2. The Balaban J connectivity index is 1.42. The molecule has 0 bridgehead atoms. The van der Waals surface area contributed by atoms with Gasteiger partial charge in [0.2, 0.25) is 5.91 Å². The van der Waals surface area contributed by atoms with E-state index in [-0.39, 0.29) is 17.9 Å². The maximum atomic E-state index is 12.8. The number of carbonyl (C=O) groups excluding carboxylic acids is 2. The van der Waals surface area contributed by atoms with Crippen LogP contribution in [0.5, 0.6) is 0 Å². The van der Waals surface area contributed by atoms with Crippen molar-refractivity contribution in [1.82, 2.24) is 20.1 Å². The van der Waals surface area contributed by atoms with E-state index in [1.807, 2.05) is 34.1 Å². The summed E-state index contributed by atoms with van der Waals surface area (Å²) in [7, 11) is 0. The van der Waals surface area contributed by atoms with Crippen molar-refractivity contribution >= 4 is 34.5 Å². The Kier molecular flexibility index (Phi) is 4.20. The lowest BCUT2D eigenvalue weighted by atomic mass is 10.1. The first-order valence-electron chi connectivity index (χ1n) is 8.19. The molecule has 2 aliphatic heterocycles. The molecule has 1 unspecified atom stereocenters. The maximum Gasteiger partial charge on any atom is 0.256 e. The molecule has 126 valence electrons. The van der Waals surface area contributed by atoms with Crippen LogP contribution in [0.4, 0.5) is 0 Å². The van der Waals surface area contributed by atoms with E-state index in [1.54, 1.807) is 18.0 Å². The molecule has 2 aromatic rings. The molecular weight excluding hydrogens is 324 g/mol. The molecule has 1 aromatic heterocycles. The molecule has 0 saturated carbocycles. The van der Waals surface area contributed by atoms with Gasteiger partial charge in [-0.1, -0.05) is 18.2 Å². The van der Waals surface area contributed by atoms with E-state index in [0.29, 0.717) is 31.7 Å². The van der Waals surface area contributed by atoms with E-state index in [9.17, 15) is 9.59 Å². The van der Waals surface area contributed by atoms with Gasteiger partial charge in [0.1, 0.15) is 0 Å².